The number of amides is 3. The molecule has 2 aromatic heterocycles. The smallest absolute Gasteiger partial charge is 0.261 e. The lowest BCUT2D eigenvalue weighted by Gasteiger charge is -2.29. The third-order valence-corrected chi connectivity index (χ3v) is 10.7. The molecule has 4 heterocycles. The number of pyridine rings is 1. The fourth-order valence-corrected chi connectivity index (χ4v) is 8.60. The third-order valence-electron chi connectivity index (χ3n) is 8.42. The van der Waals surface area contributed by atoms with Gasteiger partial charge in [-0.15, -0.1) is 0 Å². The van der Waals surface area contributed by atoms with E-state index in [4.69, 9.17) is 28.9 Å². The third kappa shape index (κ3) is 5.79. The number of sulfonamides is 1. The first-order chi connectivity index (χ1) is 22.8. The first-order valence-corrected chi connectivity index (χ1v) is 17.0. The maximum Gasteiger partial charge on any atom is 0.261 e. The summed E-state index contributed by atoms with van der Waals surface area (Å²) in [6.07, 6.45) is 3.37. The number of fused-ring (bicyclic) bond motifs is 1. The normalized spacial score (nSPS) is 19.2. The predicted octanol–water partition coefficient (Wildman–Crippen LogP) is 3.51. The molecule has 2 aliphatic heterocycles. The highest BCUT2D eigenvalue weighted by Crippen LogP contribution is 2.45. The van der Waals surface area contributed by atoms with Crippen molar-refractivity contribution in [3.8, 4) is 17.2 Å². The van der Waals surface area contributed by atoms with Crippen molar-refractivity contribution >= 4 is 62.6 Å². The second-order valence-corrected chi connectivity index (χ2v) is 14.3. The number of nitriles is 1. The van der Waals surface area contributed by atoms with Crippen LogP contribution in [0.5, 0.6) is 0 Å². The number of nitrogens with zero attached hydrogens (tertiary/aromatic N) is 6. The Balaban J connectivity index is 1.43. The molecule has 246 valence electrons. The number of anilines is 2. The number of nitrogens with one attached hydrogen (secondary N) is 1. The van der Waals surface area contributed by atoms with Crippen LogP contribution in [0, 0.1) is 11.3 Å². The van der Waals surface area contributed by atoms with Crippen molar-refractivity contribution in [3.05, 3.63) is 88.3 Å². The Kier molecular flexibility index (Phi) is 8.73. The summed E-state index contributed by atoms with van der Waals surface area (Å²) in [6.45, 7) is 1.22. The van der Waals surface area contributed by atoms with Crippen LogP contribution < -0.4 is 16.0 Å². The molecule has 3 N–H and O–H groups in total. The van der Waals surface area contributed by atoms with Gasteiger partial charge in [-0.05, 0) is 61.2 Å². The Morgan fingerprint density at radius 2 is 1.83 bits per heavy atom. The molecular weight excluding hydrogens is 679 g/mol. The first-order valence-electron chi connectivity index (χ1n) is 14.8. The molecule has 0 saturated carbocycles. The zero-order valence-electron chi connectivity index (χ0n) is 25.4. The highest BCUT2D eigenvalue weighted by Gasteiger charge is 2.53. The van der Waals surface area contributed by atoms with Crippen LogP contribution >= 0.6 is 23.2 Å². The number of carbonyl (C=O) groups excluding carboxylic acids is 3. The number of carbonyl (C=O) groups is 3. The largest absolute Gasteiger partial charge is 0.368 e. The second kappa shape index (κ2) is 12.7. The molecule has 6 rings (SSSR count). The number of aromatic nitrogens is 3. The quantitative estimate of drug-likeness (QED) is 0.265. The highest BCUT2D eigenvalue weighted by atomic mass is 35.5. The summed E-state index contributed by atoms with van der Waals surface area (Å²) in [5, 5.41) is 12.1. The Labute approximate surface area is 285 Å². The number of rotatable bonds is 9. The Morgan fingerprint density at radius 1 is 1.12 bits per heavy atom. The summed E-state index contributed by atoms with van der Waals surface area (Å²) < 4.78 is 31.2. The van der Waals surface area contributed by atoms with Crippen molar-refractivity contribution in [1.82, 2.24) is 24.2 Å². The fraction of sp³-hybridized carbons (Fsp3) is 0.250. The van der Waals surface area contributed by atoms with Gasteiger partial charge in [-0.1, -0.05) is 47.5 Å². The molecule has 0 bridgehead atoms. The molecule has 0 radical (unpaired) electrons. The maximum atomic E-state index is 14.5. The van der Waals surface area contributed by atoms with Crippen LogP contribution in [-0.4, -0.2) is 64.1 Å². The summed E-state index contributed by atoms with van der Waals surface area (Å²) in [7, 11) is -4.42. The van der Waals surface area contributed by atoms with E-state index in [0.29, 0.717) is 17.5 Å². The Morgan fingerprint density at radius 3 is 2.50 bits per heavy atom. The van der Waals surface area contributed by atoms with Crippen molar-refractivity contribution in [2.24, 2.45) is 5.73 Å². The van der Waals surface area contributed by atoms with Gasteiger partial charge < -0.3 is 11.1 Å². The molecule has 1 fully saturated rings. The number of benzene rings is 2. The van der Waals surface area contributed by atoms with Crippen LogP contribution in [-0.2, 0) is 36.4 Å². The molecule has 1 saturated heterocycles. The van der Waals surface area contributed by atoms with Crippen molar-refractivity contribution in [1.29, 1.82) is 5.26 Å². The highest BCUT2D eigenvalue weighted by molar-refractivity contribution is 7.89. The molecule has 2 aliphatic rings. The van der Waals surface area contributed by atoms with Crippen LogP contribution in [0.4, 0.5) is 11.6 Å². The minimum absolute atomic E-state index is 0.0268. The summed E-state index contributed by atoms with van der Waals surface area (Å²) in [4.78, 5) is 48.5. The maximum absolute atomic E-state index is 14.5. The van der Waals surface area contributed by atoms with Crippen LogP contribution in [0.1, 0.15) is 31.0 Å². The van der Waals surface area contributed by atoms with Crippen molar-refractivity contribution < 1.29 is 22.8 Å². The van der Waals surface area contributed by atoms with Crippen LogP contribution in [0.2, 0.25) is 10.0 Å². The number of nitrogens with two attached hydrogens (primary N) is 1. The molecule has 13 nitrogen and oxygen atoms in total. The number of halogens is 2. The number of imidazole rings is 1. The van der Waals surface area contributed by atoms with Gasteiger partial charge in [-0.3, -0.25) is 19.0 Å². The monoisotopic (exact) mass is 706 g/mol. The number of hydrogen-bond donors (Lipinski definition) is 2. The standard InChI is InChI=1S/C32H28Cl2N8O5S/c1-32(15-19-6-8-20(9-7-19)24-4-2-10-37-25(24)16-35)30(45)41(23-13-21(33)12-22(34)14-23)31-39-18-28(42(31)32)48(46,47)40-11-3-5-26(40)29(44)38-17-27(36)43/h2,4,6-10,12-14,18,26H,3,5,11,15,17H2,1H3,(H2,36,43)(H,38,44)/t26-,32+/m0/s1. The molecule has 48 heavy (non-hydrogen) atoms. The van der Waals surface area contributed by atoms with E-state index in [9.17, 15) is 28.1 Å². The van der Waals surface area contributed by atoms with Gasteiger partial charge in [0.1, 0.15) is 23.3 Å². The zero-order valence-corrected chi connectivity index (χ0v) is 27.8. The van der Waals surface area contributed by atoms with Crippen molar-refractivity contribution in [2.45, 2.75) is 42.8 Å². The summed E-state index contributed by atoms with van der Waals surface area (Å²) in [5.41, 5.74) is 6.27. The van der Waals surface area contributed by atoms with E-state index in [-0.39, 0.29) is 51.8 Å². The van der Waals surface area contributed by atoms with Gasteiger partial charge >= 0.3 is 0 Å². The summed E-state index contributed by atoms with van der Waals surface area (Å²) >= 11 is 12.6. The molecule has 3 amide bonds. The lowest BCUT2D eigenvalue weighted by Crippen LogP contribution is -2.48. The van der Waals surface area contributed by atoms with Gasteiger partial charge in [0.2, 0.25) is 17.8 Å². The second-order valence-electron chi connectivity index (χ2n) is 11.6. The minimum Gasteiger partial charge on any atom is -0.368 e. The van der Waals surface area contributed by atoms with E-state index in [1.807, 2.05) is 0 Å². The van der Waals surface area contributed by atoms with E-state index in [1.165, 1.54) is 40.1 Å². The minimum atomic E-state index is -4.42. The lowest BCUT2D eigenvalue weighted by atomic mass is 9.91. The molecule has 16 heteroatoms. The summed E-state index contributed by atoms with van der Waals surface area (Å²) in [6, 6.07) is 16.3. The molecule has 4 aromatic rings. The molecule has 0 unspecified atom stereocenters. The van der Waals surface area contributed by atoms with E-state index in [0.717, 1.165) is 9.87 Å². The topological polar surface area (TPSA) is 184 Å². The van der Waals surface area contributed by atoms with E-state index < -0.39 is 45.9 Å². The van der Waals surface area contributed by atoms with E-state index in [1.54, 1.807) is 43.3 Å². The number of primary amides is 1. The Hall–Kier alpha value is -4.81. The molecular formula is C32H28Cl2N8O5S. The van der Waals surface area contributed by atoms with Gasteiger partial charge in [0, 0.05) is 34.8 Å². The van der Waals surface area contributed by atoms with Crippen LogP contribution in [0.15, 0.2) is 72.0 Å². The molecule has 2 aromatic carbocycles. The predicted molar refractivity (Wildman–Crippen MR) is 177 cm³/mol. The average molecular weight is 708 g/mol. The van der Waals surface area contributed by atoms with Crippen molar-refractivity contribution in [2.75, 3.05) is 18.0 Å². The molecule has 2 atom stereocenters. The fourth-order valence-electron chi connectivity index (χ4n) is 6.24. The van der Waals surface area contributed by atoms with Gasteiger partial charge in [-0.25, -0.2) is 23.3 Å². The zero-order chi connectivity index (χ0) is 34.4. The molecule has 0 spiro atoms. The van der Waals surface area contributed by atoms with Gasteiger partial charge in [-0.2, -0.15) is 9.57 Å². The van der Waals surface area contributed by atoms with E-state index in [2.05, 4.69) is 21.4 Å². The Bertz CT molecular complexity index is 2090. The van der Waals surface area contributed by atoms with Crippen LogP contribution in [0.25, 0.3) is 11.1 Å². The van der Waals surface area contributed by atoms with Gasteiger partial charge in [0.15, 0.2) is 5.03 Å². The van der Waals surface area contributed by atoms with Gasteiger partial charge in [0.05, 0.1) is 18.4 Å². The van der Waals surface area contributed by atoms with Crippen LogP contribution in [0.3, 0.4) is 0 Å². The number of hydrogen-bond acceptors (Lipinski definition) is 8. The summed E-state index contributed by atoms with van der Waals surface area (Å²) in [5.74, 6) is -1.88. The average Bonchev–Trinajstić information content (AvgIpc) is 3.77. The van der Waals surface area contributed by atoms with Gasteiger partial charge in [0.25, 0.3) is 15.9 Å². The van der Waals surface area contributed by atoms with E-state index >= 15 is 0 Å². The SMILES string of the molecule is C[C@@]1(Cc2ccc(-c3cccnc3C#N)cc2)C(=O)N(c2cc(Cl)cc(Cl)c2)c2ncc(S(=O)(=O)N3CCC[C@H]3C(=O)NCC(N)=O)n21. The molecule has 0 aliphatic carbocycles. The lowest BCUT2D eigenvalue weighted by molar-refractivity contribution is -0.127. The first kappa shape index (κ1) is 33.1. The van der Waals surface area contributed by atoms with Crippen molar-refractivity contribution in [3.63, 3.8) is 0 Å².